The lowest BCUT2D eigenvalue weighted by atomic mass is 9.81. The summed E-state index contributed by atoms with van der Waals surface area (Å²) in [5.41, 5.74) is 1.95. The van der Waals surface area contributed by atoms with Crippen molar-refractivity contribution < 1.29 is 28.0 Å². The van der Waals surface area contributed by atoms with Gasteiger partial charge < -0.3 is 14.3 Å². The third-order valence-electron chi connectivity index (χ3n) is 5.75. The Morgan fingerprint density at radius 2 is 1.63 bits per heavy atom. The van der Waals surface area contributed by atoms with Gasteiger partial charge in [-0.1, -0.05) is 67.1 Å². The third-order valence-corrected chi connectivity index (χ3v) is 10.3. The van der Waals surface area contributed by atoms with Crippen LogP contribution in [0.5, 0.6) is 0 Å². The summed E-state index contributed by atoms with van der Waals surface area (Å²) in [4.78, 5) is 20.7. The minimum absolute atomic E-state index is 0.277. The molecule has 146 valence electrons. The molecular formula is C19H24O6P2. The monoisotopic (exact) mass is 410 g/mol. The highest BCUT2D eigenvalue weighted by Crippen LogP contribution is 2.84. The van der Waals surface area contributed by atoms with Gasteiger partial charge in [-0.25, -0.2) is 0 Å². The van der Waals surface area contributed by atoms with Crippen LogP contribution in [0.2, 0.25) is 0 Å². The van der Waals surface area contributed by atoms with Crippen molar-refractivity contribution in [1.82, 2.24) is 0 Å². The smallest absolute Gasteiger partial charge is 0.322 e. The molecule has 1 aliphatic heterocycles. The summed E-state index contributed by atoms with van der Waals surface area (Å²) in [5.74, 6) is -0.832. The van der Waals surface area contributed by atoms with Gasteiger partial charge in [0, 0.05) is 13.0 Å². The molecule has 0 radical (unpaired) electrons. The fraction of sp³-hybridized carbons (Fsp3) is 0.368. The average molecular weight is 410 g/mol. The first-order valence-electron chi connectivity index (χ1n) is 8.58. The predicted molar refractivity (Wildman–Crippen MR) is 104 cm³/mol. The summed E-state index contributed by atoms with van der Waals surface area (Å²) in [6.07, 6.45) is 0. The van der Waals surface area contributed by atoms with Crippen molar-refractivity contribution >= 4 is 15.2 Å². The Bertz CT molecular complexity index is 923. The second kappa shape index (κ2) is 6.66. The second-order valence-electron chi connectivity index (χ2n) is 7.11. The lowest BCUT2D eigenvalue weighted by Gasteiger charge is -2.36. The summed E-state index contributed by atoms with van der Waals surface area (Å²) < 4.78 is 37.7. The van der Waals surface area contributed by atoms with Crippen LogP contribution in [0.1, 0.15) is 30.5 Å². The molecule has 0 saturated carbocycles. The minimum Gasteiger partial charge on any atom is -0.322 e. The maximum Gasteiger partial charge on any atom is 0.362 e. The van der Waals surface area contributed by atoms with Gasteiger partial charge in [-0.3, -0.25) is 13.7 Å². The number of hydrogen-bond donors (Lipinski definition) is 2. The zero-order valence-corrected chi connectivity index (χ0v) is 17.5. The highest BCUT2D eigenvalue weighted by Gasteiger charge is 2.74. The maximum absolute atomic E-state index is 13.8. The topological polar surface area (TPSA) is 93.1 Å². The van der Waals surface area contributed by atoms with Crippen LogP contribution in [0.15, 0.2) is 54.6 Å². The van der Waals surface area contributed by atoms with Crippen LogP contribution in [-0.4, -0.2) is 16.9 Å². The first-order valence-corrected chi connectivity index (χ1v) is 11.7. The zero-order chi connectivity index (χ0) is 20.1. The van der Waals surface area contributed by atoms with Gasteiger partial charge in [-0.15, -0.1) is 0 Å². The van der Waals surface area contributed by atoms with Crippen LogP contribution in [0.3, 0.4) is 0 Å². The van der Waals surface area contributed by atoms with Crippen molar-refractivity contribution in [2.75, 3.05) is 7.11 Å². The molecule has 4 unspecified atom stereocenters. The Morgan fingerprint density at radius 1 is 1.07 bits per heavy atom. The van der Waals surface area contributed by atoms with E-state index in [4.69, 9.17) is 9.05 Å². The van der Waals surface area contributed by atoms with E-state index < -0.39 is 31.6 Å². The molecule has 3 rings (SSSR count). The molecule has 2 N–H and O–H groups in total. The minimum atomic E-state index is -4.90. The molecule has 0 aliphatic carbocycles. The van der Waals surface area contributed by atoms with Crippen molar-refractivity contribution in [3.8, 4) is 0 Å². The Morgan fingerprint density at radius 3 is 2.11 bits per heavy atom. The molecule has 0 spiro atoms. The van der Waals surface area contributed by atoms with E-state index in [2.05, 4.69) is 0 Å². The molecule has 4 atom stereocenters. The van der Waals surface area contributed by atoms with Gasteiger partial charge in [0.15, 0.2) is 0 Å². The number of benzene rings is 2. The number of rotatable bonds is 4. The summed E-state index contributed by atoms with van der Waals surface area (Å²) in [6.45, 7) is 5.28. The van der Waals surface area contributed by atoms with E-state index in [9.17, 15) is 18.9 Å². The Labute approximate surface area is 159 Å². The number of hydrogen-bond acceptors (Lipinski definition) is 4. The van der Waals surface area contributed by atoms with E-state index in [1.165, 1.54) is 7.11 Å². The highest BCUT2D eigenvalue weighted by molar-refractivity contribution is 7.58. The van der Waals surface area contributed by atoms with Crippen LogP contribution < -0.4 is 0 Å². The van der Waals surface area contributed by atoms with E-state index in [-0.39, 0.29) is 5.56 Å². The summed E-state index contributed by atoms with van der Waals surface area (Å²) in [7, 11) is -7.59. The van der Waals surface area contributed by atoms with E-state index in [0.717, 1.165) is 5.56 Å². The Hall–Kier alpha value is -1.26. The van der Waals surface area contributed by atoms with Gasteiger partial charge in [-0.2, -0.15) is 0 Å². The largest absolute Gasteiger partial charge is 0.362 e. The molecule has 1 fully saturated rings. The van der Waals surface area contributed by atoms with E-state index in [0.29, 0.717) is 5.56 Å². The van der Waals surface area contributed by atoms with Crippen molar-refractivity contribution in [1.29, 1.82) is 0 Å². The van der Waals surface area contributed by atoms with Crippen molar-refractivity contribution in [3.05, 3.63) is 71.3 Å². The maximum atomic E-state index is 13.8. The van der Waals surface area contributed by atoms with Crippen molar-refractivity contribution in [3.63, 3.8) is 0 Å². The lowest BCUT2D eigenvalue weighted by Crippen LogP contribution is -2.37. The van der Waals surface area contributed by atoms with Crippen LogP contribution in [0, 0.1) is 12.8 Å². The predicted octanol–water partition coefficient (Wildman–Crippen LogP) is 4.75. The van der Waals surface area contributed by atoms with Gasteiger partial charge in [-0.05, 0) is 25.0 Å². The summed E-state index contributed by atoms with van der Waals surface area (Å²) in [5, 5.41) is -3.31. The van der Waals surface area contributed by atoms with Crippen LogP contribution >= 0.6 is 15.2 Å². The molecule has 0 aromatic heterocycles. The molecular weight excluding hydrogens is 386 g/mol. The van der Waals surface area contributed by atoms with Crippen LogP contribution in [0.4, 0.5) is 0 Å². The molecule has 8 heteroatoms. The second-order valence-corrected chi connectivity index (χ2v) is 11.3. The molecule has 1 saturated heterocycles. The van der Waals surface area contributed by atoms with Crippen molar-refractivity contribution in [2.24, 2.45) is 5.92 Å². The van der Waals surface area contributed by atoms with Crippen LogP contribution in [-0.2, 0) is 28.7 Å². The lowest BCUT2D eigenvalue weighted by molar-refractivity contribution is 0.0829. The van der Waals surface area contributed by atoms with Gasteiger partial charge >= 0.3 is 15.2 Å². The quantitative estimate of drug-likeness (QED) is 0.707. The highest BCUT2D eigenvalue weighted by atomic mass is 31.2. The van der Waals surface area contributed by atoms with Gasteiger partial charge in [0.25, 0.3) is 0 Å². The Kier molecular flexibility index (Phi) is 5.05. The normalized spacial score (nSPS) is 33.9. The van der Waals surface area contributed by atoms with Gasteiger partial charge in [0.1, 0.15) is 5.16 Å². The molecule has 27 heavy (non-hydrogen) atoms. The van der Waals surface area contributed by atoms with E-state index in [1.807, 2.05) is 31.2 Å². The fourth-order valence-corrected chi connectivity index (χ4v) is 8.45. The summed E-state index contributed by atoms with van der Waals surface area (Å²) in [6, 6.07) is 15.6. The molecule has 1 aliphatic rings. The number of aryl methyl sites for hydroxylation is 1. The molecule has 2 aromatic carbocycles. The standard InChI is InChI=1S/C19H24O6P2/c1-14-10-12-16(13-11-14)18(3)15(2)19(26(20,21)22,25-27(18,23)24-4)17-8-6-5-7-9-17/h5-13,15H,1-4H3,(H2,20,21,22). The van der Waals surface area contributed by atoms with Crippen LogP contribution in [0.25, 0.3) is 0 Å². The first kappa shape index (κ1) is 20.5. The molecule has 2 aromatic rings. The van der Waals surface area contributed by atoms with E-state index in [1.54, 1.807) is 44.2 Å². The SMILES string of the molecule is COP1(=O)OC(c2ccccc2)(P(=O)(O)O)C(C)C1(C)c1ccc(C)cc1. The first-order chi connectivity index (χ1) is 12.5. The van der Waals surface area contributed by atoms with Crippen molar-refractivity contribution in [2.45, 2.75) is 31.3 Å². The fourth-order valence-electron chi connectivity index (χ4n) is 3.95. The van der Waals surface area contributed by atoms with Gasteiger partial charge in [0.05, 0.1) is 0 Å². The Balaban J connectivity index is 2.33. The molecule has 6 nitrogen and oxygen atoms in total. The molecule has 1 heterocycles. The molecule has 0 amide bonds. The third kappa shape index (κ3) is 2.79. The molecule has 0 bridgehead atoms. The summed E-state index contributed by atoms with van der Waals surface area (Å²) >= 11 is 0. The van der Waals surface area contributed by atoms with Gasteiger partial charge in [0.2, 0.25) is 5.34 Å². The zero-order valence-electron chi connectivity index (χ0n) is 15.7. The average Bonchev–Trinajstić information content (AvgIpc) is 2.83. The van der Waals surface area contributed by atoms with E-state index >= 15 is 0 Å².